The first-order chi connectivity index (χ1) is 10.0. The number of hydrazine groups is 1. The van der Waals surface area contributed by atoms with E-state index in [1.807, 2.05) is 0 Å². The number of anilines is 1. The van der Waals surface area contributed by atoms with Gasteiger partial charge in [0.25, 0.3) is 11.6 Å². The fraction of sp³-hybridized carbons (Fsp3) is 0.167. The molecule has 1 aromatic heterocycles. The van der Waals surface area contributed by atoms with Crippen molar-refractivity contribution in [1.82, 2.24) is 10.5 Å². The van der Waals surface area contributed by atoms with Crippen molar-refractivity contribution >= 4 is 17.3 Å². The number of carbonyl (C=O) groups is 1. The van der Waals surface area contributed by atoms with Crippen LogP contribution in [0.3, 0.4) is 0 Å². The molecule has 0 spiro atoms. The second-order valence-corrected chi connectivity index (χ2v) is 4.25. The summed E-state index contributed by atoms with van der Waals surface area (Å²) >= 11 is 0. The fourth-order valence-electron chi connectivity index (χ4n) is 1.73. The second kappa shape index (κ2) is 6.01. The molecule has 4 N–H and O–H groups in total. The predicted molar refractivity (Wildman–Crippen MR) is 73.3 cm³/mol. The number of aryl methyl sites for hydroxylation is 1. The highest BCUT2D eigenvalue weighted by atomic mass is 16.6. The van der Waals surface area contributed by atoms with Gasteiger partial charge < -0.3 is 15.3 Å². The molecule has 0 atom stereocenters. The number of carbonyl (C=O) groups excluding carboxylic acids is 1. The van der Waals surface area contributed by atoms with Gasteiger partial charge in [-0.15, -0.1) is 0 Å². The molecule has 0 fully saturated rings. The molecule has 0 radical (unpaired) electrons. The summed E-state index contributed by atoms with van der Waals surface area (Å²) in [5.74, 6) is 5.09. The van der Waals surface area contributed by atoms with E-state index in [4.69, 9.17) is 10.4 Å². The molecule has 0 aliphatic carbocycles. The van der Waals surface area contributed by atoms with Crippen LogP contribution in [0.1, 0.15) is 21.8 Å². The van der Waals surface area contributed by atoms with E-state index in [1.165, 1.54) is 18.2 Å². The van der Waals surface area contributed by atoms with Crippen LogP contribution in [0, 0.1) is 17.0 Å². The van der Waals surface area contributed by atoms with Crippen molar-refractivity contribution in [2.45, 2.75) is 13.5 Å². The fourth-order valence-corrected chi connectivity index (χ4v) is 1.73. The number of nitrogen functional groups attached to an aromatic ring is 1. The van der Waals surface area contributed by atoms with Crippen molar-refractivity contribution in [1.29, 1.82) is 0 Å². The molecule has 0 aliphatic rings. The Bertz CT molecular complexity index is 682. The summed E-state index contributed by atoms with van der Waals surface area (Å²) in [6.07, 6.45) is 0. The zero-order valence-electron chi connectivity index (χ0n) is 11.1. The molecule has 2 rings (SSSR count). The highest BCUT2D eigenvalue weighted by Crippen LogP contribution is 2.22. The molecule has 1 amide bonds. The predicted octanol–water partition coefficient (Wildman–Crippen LogP) is 1.11. The topological polar surface area (TPSA) is 136 Å². The van der Waals surface area contributed by atoms with E-state index < -0.39 is 10.8 Å². The molecule has 0 bridgehead atoms. The van der Waals surface area contributed by atoms with Gasteiger partial charge in [0.2, 0.25) is 0 Å². The third kappa shape index (κ3) is 3.34. The van der Waals surface area contributed by atoms with Gasteiger partial charge in [0.05, 0.1) is 17.2 Å². The average Bonchev–Trinajstić information content (AvgIpc) is 2.89. The zero-order valence-corrected chi connectivity index (χ0v) is 11.1. The van der Waals surface area contributed by atoms with Crippen LogP contribution in [-0.2, 0) is 6.54 Å². The smallest absolute Gasteiger partial charge is 0.282 e. The maximum Gasteiger partial charge on any atom is 0.282 e. The third-order valence-corrected chi connectivity index (χ3v) is 2.70. The minimum atomic E-state index is -0.631. The molecule has 1 aromatic carbocycles. The lowest BCUT2D eigenvalue weighted by Crippen LogP contribution is -2.24. The van der Waals surface area contributed by atoms with E-state index in [9.17, 15) is 14.9 Å². The monoisotopic (exact) mass is 291 g/mol. The van der Waals surface area contributed by atoms with Gasteiger partial charge in [-0.1, -0.05) is 5.16 Å². The Labute approximate surface area is 119 Å². The van der Waals surface area contributed by atoms with Crippen molar-refractivity contribution in [3.05, 3.63) is 51.4 Å². The summed E-state index contributed by atoms with van der Waals surface area (Å²) in [5, 5.41) is 17.2. The number of nitrogens with zero attached hydrogens (tertiary/aromatic N) is 2. The first-order valence-electron chi connectivity index (χ1n) is 5.96. The largest absolute Gasteiger partial charge is 0.359 e. The van der Waals surface area contributed by atoms with E-state index >= 15 is 0 Å². The SMILES string of the molecule is Cc1cc(CNC(=O)c2cc(NN)ccc2[N+](=O)[O-])on1. The van der Waals surface area contributed by atoms with Crippen molar-refractivity contribution in [3.63, 3.8) is 0 Å². The zero-order chi connectivity index (χ0) is 15.4. The van der Waals surface area contributed by atoms with Gasteiger partial charge in [0, 0.05) is 17.8 Å². The number of amides is 1. The van der Waals surface area contributed by atoms with E-state index in [0.29, 0.717) is 17.1 Å². The van der Waals surface area contributed by atoms with Gasteiger partial charge in [0.1, 0.15) is 5.56 Å². The maximum atomic E-state index is 12.1. The Morgan fingerprint density at radius 3 is 2.81 bits per heavy atom. The Balaban J connectivity index is 2.19. The van der Waals surface area contributed by atoms with Crippen LogP contribution in [0.15, 0.2) is 28.8 Å². The van der Waals surface area contributed by atoms with Crippen LogP contribution >= 0.6 is 0 Å². The lowest BCUT2D eigenvalue weighted by Gasteiger charge is -2.06. The average molecular weight is 291 g/mol. The van der Waals surface area contributed by atoms with Crippen molar-refractivity contribution in [3.8, 4) is 0 Å². The van der Waals surface area contributed by atoms with Gasteiger partial charge in [-0.05, 0) is 19.1 Å². The number of hydrogen-bond donors (Lipinski definition) is 3. The van der Waals surface area contributed by atoms with Gasteiger partial charge >= 0.3 is 0 Å². The van der Waals surface area contributed by atoms with Crippen molar-refractivity contribution in [2.75, 3.05) is 5.43 Å². The molecule has 2 aromatic rings. The van der Waals surface area contributed by atoms with Gasteiger partial charge in [0.15, 0.2) is 5.76 Å². The summed E-state index contributed by atoms with van der Waals surface area (Å²) in [6.45, 7) is 1.83. The number of hydrogen-bond acceptors (Lipinski definition) is 7. The standard InChI is InChI=1S/C12H13N5O4/c1-7-4-9(21-16-7)6-14-12(18)10-5-8(15-13)2-3-11(10)17(19)20/h2-5,15H,6,13H2,1H3,(H,14,18). The summed E-state index contributed by atoms with van der Waals surface area (Å²) in [4.78, 5) is 22.4. The molecule has 9 nitrogen and oxygen atoms in total. The first kappa shape index (κ1) is 14.5. The van der Waals surface area contributed by atoms with E-state index in [-0.39, 0.29) is 17.8 Å². The number of aromatic nitrogens is 1. The highest BCUT2D eigenvalue weighted by molar-refractivity contribution is 5.99. The van der Waals surface area contributed by atoms with Crippen LogP contribution in [0.5, 0.6) is 0 Å². The normalized spacial score (nSPS) is 10.2. The molecule has 0 aliphatic heterocycles. The quantitative estimate of drug-likeness (QED) is 0.426. The van der Waals surface area contributed by atoms with Gasteiger partial charge in [-0.25, -0.2) is 0 Å². The van der Waals surface area contributed by atoms with Crippen LogP contribution < -0.4 is 16.6 Å². The summed E-state index contributed by atoms with van der Waals surface area (Å²) in [5.41, 5.74) is 3.01. The Morgan fingerprint density at radius 2 is 2.24 bits per heavy atom. The van der Waals surface area contributed by atoms with Crippen LogP contribution in [-0.4, -0.2) is 16.0 Å². The number of nitrogens with one attached hydrogen (secondary N) is 2. The molecule has 21 heavy (non-hydrogen) atoms. The molecular formula is C12H13N5O4. The molecule has 0 unspecified atom stereocenters. The summed E-state index contributed by atoms with van der Waals surface area (Å²) < 4.78 is 4.94. The van der Waals surface area contributed by atoms with Crippen LogP contribution in [0.4, 0.5) is 11.4 Å². The van der Waals surface area contributed by atoms with Gasteiger partial charge in [-0.3, -0.25) is 20.8 Å². The maximum absolute atomic E-state index is 12.1. The minimum absolute atomic E-state index is 0.0805. The van der Waals surface area contributed by atoms with Crippen LogP contribution in [0.25, 0.3) is 0 Å². The third-order valence-electron chi connectivity index (χ3n) is 2.70. The second-order valence-electron chi connectivity index (χ2n) is 4.25. The number of nitro groups is 1. The molecule has 0 saturated heterocycles. The van der Waals surface area contributed by atoms with Crippen molar-refractivity contribution in [2.24, 2.45) is 5.84 Å². The first-order valence-corrected chi connectivity index (χ1v) is 5.96. The molecule has 0 saturated carbocycles. The minimum Gasteiger partial charge on any atom is -0.359 e. The van der Waals surface area contributed by atoms with E-state index in [1.54, 1.807) is 13.0 Å². The Hall–Kier alpha value is -2.94. The number of rotatable bonds is 5. The van der Waals surface area contributed by atoms with E-state index in [2.05, 4.69) is 15.9 Å². The molecule has 1 heterocycles. The lowest BCUT2D eigenvalue weighted by molar-refractivity contribution is -0.385. The van der Waals surface area contributed by atoms with Crippen LogP contribution in [0.2, 0.25) is 0 Å². The molecule has 110 valence electrons. The summed E-state index contributed by atoms with van der Waals surface area (Å²) in [7, 11) is 0. The highest BCUT2D eigenvalue weighted by Gasteiger charge is 2.20. The number of nitro benzene ring substituents is 1. The molecule has 9 heteroatoms. The number of nitrogens with two attached hydrogens (primary N) is 1. The molecular weight excluding hydrogens is 278 g/mol. The van der Waals surface area contributed by atoms with E-state index in [0.717, 1.165) is 0 Å². The van der Waals surface area contributed by atoms with Gasteiger partial charge in [-0.2, -0.15) is 0 Å². The number of benzene rings is 1. The lowest BCUT2D eigenvalue weighted by atomic mass is 10.1. The Kier molecular flexibility index (Phi) is 4.14. The van der Waals surface area contributed by atoms with Crippen molar-refractivity contribution < 1.29 is 14.2 Å². The Morgan fingerprint density at radius 1 is 1.48 bits per heavy atom. The summed E-state index contributed by atoms with van der Waals surface area (Å²) in [6, 6.07) is 5.59.